The average Bonchev–Trinajstić information content (AvgIpc) is 3.09. The molecular weight excluding hydrogens is 434 g/mol. The number of carbonyl (C=O) groups excluding carboxylic acids is 1. The Labute approximate surface area is 176 Å². The molecule has 2 aromatic carbocycles. The summed E-state index contributed by atoms with van der Waals surface area (Å²) in [6.45, 7) is 1.93. The van der Waals surface area contributed by atoms with Crippen LogP contribution in [0.1, 0.15) is 16.2 Å². The molecule has 0 N–H and O–H groups in total. The number of halogens is 1. The summed E-state index contributed by atoms with van der Waals surface area (Å²) in [7, 11) is 2.96. The molecule has 146 valence electrons. The second kappa shape index (κ2) is 7.67. The van der Waals surface area contributed by atoms with Crippen LogP contribution in [0.2, 0.25) is 0 Å². The Bertz CT molecular complexity index is 1220. The lowest BCUT2D eigenvalue weighted by Crippen LogP contribution is -2.07. The van der Waals surface area contributed by atoms with Crippen molar-refractivity contribution in [3.05, 3.63) is 70.5 Å². The number of hydrogen-bond donors (Lipinski definition) is 0. The predicted molar refractivity (Wildman–Crippen MR) is 115 cm³/mol. The summed E-state index contributed by atoms with van der Waals surface area (Å²) in [5, 5.41) is 5.58. The summed E-state index contributed by atoms with van der Waals surface area (Å²) < 4.78 is 13.0. The number of hydrogen-bond acceptors (Lipinski definition) is 5. The number of ether oxygens (including phenoxy) is 2. The number of fused-ring (bicyclic) bond motifs is 1. The normalized spacial score (nSPS) is 10.9. The fraction of sp³-hybridized carbons (Fsp3) is 0.136. The van der Waals surface area contributed by atoms with E-state index in [0.717, 1.165) is 32.4 Å². The van der Waals surface area contributed by atoms with Crippen molar-refractivity contribution in [3.63, 3.8) is 0 Å². The van der Waals surface area contributed by atoms with E-state index in [9.17, 15) is 4.79 Å². The van der Waals surface area contributed by atoms with Gasteiger partial charge in [0.25, 0.3) is 0 Å². The minimum Gasteiger partial charge on any atom is -0.497 e. The quantitative estimate of drug-likeness (QED) is 0.410. The molecule has 0 saturated carbocycles. The SMILES string of the molecule is COC(=O)c1cc(-c2ccc(Br)cc2)c2c(C)nn(-c3cccc(OC)c3)c2n1. The minimum absolute atomic E-state index is 0.224. The molecule has 2 heterocycles. The number of aryl methyl sites for hydroxylation is 1. The number of rotatable bonds is 4. The molecule has 0 saturated heterocycles. The van der Waals surface area contributed by atoms with Gasteiger partial charge in [-0.2, -0.15) is 5.10 Å². The molecule has 2 aromatic heterocycles. The molecule has 0 bridgehead atoms. The highest BCUT2D eigenvalue weighted by atomic mass is 79.9. The first kappa shape index (κ1) is 19.1. The third-order valence-corrected chi connectivity index (χ3v) is 5.19. The summed E-state index contributed by atoms with van der Waals surface area (Å²) in [6, 6.07) is 17.2. The number of carbonyl (C=O) groups is 1. The lowest BCUT2D eigenvalue weighted by molar-refractivity contribution is 0.0594. The van der Waals surface area contributed by atoms with E-state index in [4.69, 9.17) is 14.6 Å². The van der Waals surface area contributed by atoms with Gasteiger partial charge in [0.1, 0.15) is 5.75 Å². The van der Waals surface area contributed by atoms with Gasteiger partial charge in [0.2, 0.25) is 0 Å². The second-order valence-electron chi connectivity index (χ2n) is 6.45. The summed E-state index contributed by atoms with van der Waals surface area (Å²) >= 11 is 3.46. The summed E-state index contributed by atoms with van der Waals surface area (Å²) in [4.78, 5) is 16.9. The molecule has 0 amide bonds. The molecule has 0 unspecified atom stereocenters. The maximum atomic E-state index is 12.3. The molecular formula is C22H18BrN3O3. The van der Waals surface area contributed by atoms with Crippen molar-refractivity contribution in [2.75, 3.05) is 14.2 Å². The Hall–Kier alpha value is -3.19. The van der Waals surface area contributed by atoms with Crippen molar-refractivity contribution in [1.82, 2.24) is 14.8 Å². The van der Waals surface area contributed by atoms with E-state index in [1.807, 2.05) is 55.5 Å². The summed E-state index contributed by atoms with van der Waals surface area (Å²) in [5.41, 5.74) is 4.23. The molecule has 4 aromatic rings. The lowest BCUT2D eigenvalue weighted by atomic mass is 10.0. The van der Waals surface area contributed by atoms with Crippen LogP contribution in [-0.4, -0.2) is 35.0 Å². The number of pyridine rings is 1. The highest BCUT2D eigenvalue weighted by Gasteiger charge is 2.20. The first-order chi connectivity index (χ1) is 14.0. The predicted octanol–water partition coefficient (Wildman–Crippen LogP) is 4.95. The van der Waals surface area contributed by atoms with Gasteiger partial charge in [0, 0.05) is 10.5 Å². The molecule has 0 atom stereocenters. The van der Waals surface area contributed by atoms with Gasteiger partial charge in [-0.25, -0.2) is 14.5 Å². The molecule has 0 aliphatic rings. The van der Waals surface area contributed by atoms with Gasteiger partial charge in [-0.1, -0.05) is 34.1 Å². The van der Waals surface area contributed by atoms with Gasteiger partial charge < -0.3 is 9.47 Å². The number of aromatic nitrogens is 3. The minimum atomic E-state index is -0.499. The number of benzene rings is 2. The smallest absolute Gasteiger partial charge is 0.356 e. The fourth-order valence-corrected chi connectivity index (χ4v) is 3.54. The third-order valence-electron chi connectivity index (χ3n) is 4.66. The molecule has 0 aliphatic carbocycles. The van der Waals surface area contributed by atoms with Crippen molar-refractivity contribution in [3.8, 4) is 22.6 Å². The molecule has 29 heavy (non-hydrogen) atoms. The standard InChI is InChI=1S/C22H18BrN3O3/c1-13-20-18(14-7-9-15(23)10-8-14)12-19(22(27)29-3)24-21(20)26(25-13)16-5-4-6-17(11-16)28-2/h4-12H,1-3H3. The van der Waals surface area contributed by atoms with E-state index in [1.165, 1.54) is 7.11 Å². The van der Waals surface area contributed by atoms with Crippen molar-refractivity contribution >= 4 is 32.9 Å². The van der Waals surface area contributed by atoms with E-state index in [1.54, 1.807) is 17.9 Å². The zero-order valence-electron chi connectivity index (χ0n) is 16.1. The molecule has 6 nitrogen and oxygen atoms in total. The molecule has 7 heteroatoms. The first-order valence-electron chi connectivity index (χ1n) is 8.91. The van der Waals surface area contributed by atoms with Gasteiger partial charge in [-0.15, -0.1) is 0 Å². The van der Waals surface area contributed by atoms with E-state index in [-0.39, 0.29) is 5.69 Å². The topological polar surface area (TPSA) is 66.2 Å². The Morgan fingerprint density at radius 1 is 1.07 bits per heavy atom. The maximum Gasteiger partial charge on any atom is 0.356 e. The van der Waals surface area contributed by atoms with Crippen LogP contribution in [0.3, 0.4) is 0 Å². The van der Waals surface area contributed by atoms with Crippen molar-refractivity contribution in [2.45, 2.75) is 6.92 Å². The second-order valence-corrected chi connectivity index (χ2v) is 7.37. The number of methoxy groups -OCH3 is 2. The molecule has 0 radical (unpaired) electrons. The molecule has 0 spiro atoms. The number of nitrogens with zero attached hydrogens (tertiary/aromatic N) is 3. The molecule has 4 rings (SSSR count). The fourth-order valence-electron chi connectivity index (χ4n) is 3.28. The van der Waals surface area contributed by atoms with Crippen LogP contribution in [0.25, 0.3) is 27.8 Å². The molecule has 0 fully saturated rings. The monoisotopic (exact) mass is 451 g/mol. The van der Waals surface area contributed by atoms with E-state index in [0.29, 0.717) is 11.4 Å². The zero-order chi connectivity index (χ0) is 20.5. The van der Waals surface area contributed by atoms with Gasteiger partial charge in [-0.05, 0) is 48.4 Å². The highest BCUT2D eigenvalue weighted by molar-refractivity contribution is 9.10. The Kier molecular flexibility index (Phi) is 5.07. The van der Waals surface area contributed by atoms with E-state index < -0.39 is 5.97 Å². The van der Waals surface area contributed by atoms with Gasteiger partial charge in [-0.3, -0.25) is 0 Å². The highest BCUT2D eigenvalue weighted by Crippen LogP contribution is 2.33. The van der Waals surface area contributed by atoms with Gasteiger partial charge in [0.15, 0.2) is 11.3 Å². The van der Waals surface area contributed by atoms with Crippen LogP contribution >= 0.6 is 15.9 Å². The van der Waals surface area contributed by atoms with Crippen LogP contribution < -0.4 is 4.74 Å². The van der Waals surface area contributed by atoms with Gasteiger partial charge >= 0.3 is 5.97 Å². The van der Waals surface area contributed by atoms with Crippen molar-refractivity contribution in [1.29, 1.82) is 0 Å². The first-order valence-corrected chi connectivity index (χ1v) is 9.70. The van der Waals surface area contributed by atoms with E-state index >= 15 is 0 Å². The van der Waals surface area contributed by atoms with Crippen molar-refractivity contribution in [2.24, 2.45) is 0 Å². The zero-order valence-corrected chi connectivity index (χ0v) is 17.7. The summed E-state index contributed by atoms with van der Waals surface area (Å²) in [5.74, 6) is 0.211. The van der Waals surface area contributed by atoms with Crippen LogP contribution in [0.5, 0.6) is 5.75 Å². The Morgan fingerprint density at radius 3 is 2.52 bits per heavy atom. The number of esters is 1. The van der Waals surface area contributed by atoms with Crippen LogP contribution in [0.15, 0.2) is 59.1 Å². The maximum absolute atomic E-state index is 12.3. The van der Waals surface area contributed by atoms with Crippen LogP contribution in [0, 0.1) is 6.92 Å². The van der Waals surface area contributed by atoms with Crippen molar-refractivity contribution < 1.29 is 14.3 Å². The van der Waals surface area contributed by atoms with E-state index in [2.05, 4.69) is 20.9 Å². The largest absolute Gasteiger partial charge is 0.497 e. The average molecular weight is 452 g/mol. The van der Waals surface area contributed by atoms with Crippen LogP contribution in [0.4, 0.5) is 0 Å². The Balaban J connectivity index is 2.04. The third kappa shape index (κ3) is 3.49. The molecule has 0 aliphatic heterocycles. The van der Waals surface area contributed by atoms with Gasteiger partial charge in [0.05, 0.1) is 31.0 Å². The summed E-state index contributed by atoms with van der Waals surface area (Å²) in [6.07, 6.45) is 0. The lowest BCUT2D eigenvalue weighted by Gasteiger charge is -2.09. The van der Waals surface area contributed by atoms with Crippen LogP contribution in [-0.2, 0) is 4.74 Å². The Morgan fingerprint density at radius 2 is 1.83 bits per heavy atom.